The predicted molar refractivity (Wildman–Crippen MR) is 85.7 cm³/mol. The van der Waals surface area contributed by atoms with Gasteiger partial charge in [0.1, 0.15) is 6.04 Å². The van der Waals surface area contributed by atoms with E-state index in [9.17, 15) is 4.79 Å². The lowest BCUT2D eigenvalue weighted by Crippen LogP contribution is -2.32. The maximum atomic E-state index is 11.6. The van der Waals surface area contributed by atoms with Gasteiger partial charge in [-0.1, -0.05) is 0 Å². The number of ether oxygens (including phenoxy) is 1. The third-order valence-corrected chi connectivity index (χ3v) is 4.21. The van der Waals surface area contributed by atoms with Crippen molar-refractivity contribution in [3.8, 4) is 0 Å². The second-order valence-electron chi connectivity index (χ2n) is 4.76. The van der Waals surface area contributed by atoms with Crippen molar-refractivity contribution in [3.05, 3.63) is 24.3 Å². The number of nitrogens with one attached hydrogen (secondary N) is 1. The first-order chi connectivity index (χ1) is 9.70. The minimum Gasteiger partial charge on any atom is -0.464 e. The monoisotopic (exact) mass is 294 g/mol. The molecule has 2 rings (SSSR count). The summed E-state index contributed by atoms with van der Waals surface area (Å²) in [4.78, 5) is 14.0. The average Bonchev–Trinajstić information content (AvgIpc) is 2.49. The van der Waals surface area contributed by atoms with E-state index in [2.05, 4.69) is 22.3 Å². The maximum absolute atomic E-state index is 11.6. The van der Waals surface area contributed by atoms with Gasteiger partial charge in [-0.25, -0.2) is 4.79 Å². The lowest BCUT2D eigenvalue weighted by atomic mass is 10.2. The first kappa shape index (κ1) is 15.0. The van der Waals surface area contributed by atoms with Crippen LogP contribution < -0.4 is 10.2 Å². The van der Waals surface area contributed by atoms with Gasteiger partial charge >= 0.3 is 5.97 Å². The van der Waals surface area contributed by atoms with Crippen LogP contribution in [0.15, 0.2) is 24.3 Å². The summed E-state index contributed by atoms with van der Waals surface area (Å²) in [6.45, 7) is 6.26. The van der Waals surface area contributed by atoms with E-state index in [0.29, 0.717) is 6.61 Å². The van der Waals surface area contributed by atoms with E-state index in [1.807, 2.05) is 37.7 Å². The molecule has 4 nitrogen and oxygen atoms in total. The fraction of sp³-hybridized carbons (Fsp3) is 0.533. The summed E-state index contributed by atoms with van der Waals surface area (Å²) in [7, 11) is 0. The predicted octanol–water partition coefficient (Wildman–Crippen LogP) is 2.60. The number of benzene rings is 1. The number of rotatable bonds is 5. The molecule has 1 aromatic carbocycles. The Hall–Kier alpha value is -1.36. The molecule has 1 heterocycles. The van der Waals surface area contributed by atoms with Gasteiger partial charge in [0.15, 0.2) is 0 Å². The van der Waals surface area contributed by atoms with Crippen LogP contribution in [-0.4, -0.2) is 43.2 Å². The molecule has 5 heteroatoms. The molecule has 1 aliphatic rings. The third-order valence-electron chi connectivity index (χ3n) is 3.27. The molecule has 1 aliphatic heterocycles. The molecule has 1 aromatic rings. The SMILES string of the molecule is CCOC(=O)C(C)Nc1ccc(N2CCSCC2)cc1. The number of hydrogen-bond donors (Lipinski definition) is 1. The van der Waals surface area contributed by atoms with Crippen LogP contribution in [0.25, 0.3) is 0 Å². The summed E-state index contributed by atoms with van der Waals surface area (Å²) in [5, 5.41) is 3.16. The largest absolute Gasteiger partial charge is 0.464 e. The van der Waals surface area contributed by atoms with Gasteiger partial charge in [-0.05, 0) is 38.1 Å². The van der Waals surface area contributed by atoms with Crippen LogP contribution in [0.1, 0.15) is 13.8 Å². The molecule has 0 spiro atoms. The Morgan fingerprint density at radius 3 is 2.60 bits per heavy atom. The Morgan fingerprint density at radius 2 is 2.00 bits per heavy atom. The molecule has 0 bridgehead atoms. The Balaban J connectivity index is 1.92. The molecule has 0 aromatic heterocycles. The molecule has 0 radical (unpaired) electrons. The minimum absolute atomic E-state index is 0.218. The highest BCUT2D eigenvalue weighted by Crippen LogP contribution is 2.21. The normalized spacial score (nSPS) is 16.6. The summed E-state index contributed by atoms with van der Waals surface area (Å²) >= 11 is 2.01. The molecule has 20 heavy (non-hydrogen) atoms. The van der Waals surface area contributed by atoms with Crippen LogP contribution in [0.3, 0.4) is 0 Å². The molecule has 1 N–H and O–H groups in total. The van der Waals surface area contributed by atoms with E-state index >= 15 is 0 Å². The van der Waals surface area contributed by atoms with Crippen LogP contribution in [-0.2, 0) is 9.53 Å². The first-order valence-electron chi connectivity index (χ1n) is 7.06. The summed E-state index contributed by atoms with van der Waals surface area (Å²) in [6, 6.07) is 7.93. The zero-order valence-corrected chi connectivity index (χ0v) is 12.9. The highest BCUT2D eigenvalue weighted by molar-refractivity contribution is 7.99. The zero-order chi connectivity index (χ0) is 14.4. The molecular formula is C15H22N2O2S. The number of anilines is 2. The number of hydrogen-bond acceptors (Lipinski definition) is 5. The zero-order valence-electron chi connectivity index (χ0n) is 12.1. The van der Waals surface area contributed by atoms with Crippen LogP contribution in [0.4, 0.5) is 11.4 Å². The van der Waals surface area contributed by atoms with Crippen molar-refractivity contribution in [2.75, 3.05) is 41.4 Å². The highest BCUT2D eigenvalue weighted by Gasteiger charge is 2.14. The molecule has 0 saturated carbocycles. The Bertz CT molecular complexity index is 430. The Morgan fingerprint density at radius 1 is 1.35 bits per heavy atom. The second-order valence-corrected chi connectivity index (χ2v) is 5.99. The smallest absolute Gasteiger partial charge is 0.328 e. The molecule has 1 unspecified atom stereocenters. The van der Waals surface area contributed by atoms with Crippen molar-refractivity contribution in [3.63, 3.8) is 0 Å². The molecule has 1 saturated heterocycles. The second kappa shape index (κ2) is 7.43. The minimum atomic E-state index is -0.327. The average molecular weight is 294 g/mol. The van der Waals surface area contributed by atoms with Crippen molar-refractivity contribution >= 4 is 29.1 Å². The number of carbonyl (C=O) groups is 1. The van der Waals surface area contributed by atoms with E-state index in [4.69, 9.17) is 4.74 Å². The van der Waals surface area contributed by atoms with Gasteiger partial charge in [0.05, 0.1) is 6.61 Å². The van der Waals surface area contributed by atoms with Gasteiger partial charge in [0.2, 0.25) is 0 Å². The number of nitrogens with zero attached hydrogens (tertiary/aromatic N) is 1. The standard InChI is InChI=1S/C15H22N2O2S/c1-3-19-15(18)12(2)16-13-4-6-14(7-5-13)17-8-10-20-11-9-17/h4-7,12,16H,3,8-11H2,1-2H3. The van der Waals surface area contributed by atoms with Gasteiger partial charge < -0.3 is 15.0 Å². The van der Waals surface area contributed by atoms with E-state index in [0.717, 1.165) is 18.8 Å². The van der Waals surface area contributed by atoms with E-state index in [1.165, 1.54) is 17.2 Å². The number of esters is 1. The fourth-order valence-corrected chi connectivity index (χ4v) is 3.07. The molecule has 0 amide bonds. The molecule has 0 aliphatic carbocycles. The summed E-state index contributed by atoms with van der Waals surface area (Å²) in [5.74, 6) is 2.17. The highest BCUT2D eigenvalue weighted by atomic mass is 32.2. The number of thioether (sulfide) groups is 1. The summed E-state index contributed by atoms with van der Waals surface area (Å²) < 4.78 is 4.98. The molecule has 1 fully saturated rings. The maximum Gasteiger partial charge on any atom is 0.328 e. The van der Waals surface area contributed by atoms with Crippen LogP contribution in [0.2, 0.25) is 0 Å². The van der Waals surface area contributed by atoms with Crippen molar-refractivity contribution in [2.24, 2.45) is 0 Å². The van der Waals surface area contributed by atoms with Crippen molar-refractivity contribution < 1.29 is 9.53 Å². The van der Waals surface area contributed by atoms with Gasteiger partial charge in [-0.2, -0.15) is 11.8 Å². The number of carbonyl (C=O) groups excluding carboxylic acids is 1. The molecular weight excluding hydrogens is 272 g/mol. The van der Waals surface area contributed by atoms with Crippen LogP contribution in [0.5, 0.6) is 0 Å². The summed E-state index contributed by atoms with van der Waals surface area (Å²) in [6.07, 6.45) is 0. The first-order valence-corrected chi connectivity index (χ1v) is 8.22. The Labute approximate surface area is 124 Å². The quantitative estimate of drug-likeness (QED) is 0.846. The molecule has 1 atom stereocenters. The lowest BCUT2D eigenvalue weighted by molar-refractivity contribution is -0.143. The van der Waals surface area contributed by atoms with E-state index < -0.39 is 0 Å². The summed E-state index contributed by atoms with van der Waals surface area (Å²) in [5.41, 5.74) is 2.19. The third kappa shape index (κ3) is 4.07. The van der Waals surface area contributed by atoms with Crippen molar-refractivity contribution in [2.45, 2.75) is 19.9 Å². The lowest BCUT2D eigenvalue weighted by Gasteiger charge is -2.28. The van der Waals surface area contributed by atoms with Crippen molar-refractivity contribution in [1.29, 1.82) is 0 Å². The van der Waals surface area contributed by atoms with Gasteiger partial charge in [-0.3, -0.25) is 0 Å². The van der Waals surface area contributed by atoms with Crippen LogP contribution in [0, 0.1) is 0 Å². The van der Waals surface area contributed by atoms with Gasteiger partial charge in [0.25, 0.3) is 0 Å². The van der Waals surface area contributed by atoms with Gasteiger partial charge in [0, 0.05) is 36.0 Å². The van der Waals surface area contributed by atoms with E-state index in [1.54, 1.807) is 0 Å². The topological polar surface area (TPSA) is 41.6 Å². The van der Waals surface area contributed by atoms with Crippen LogP contribution >= 0.6 is 11.8 Å². The van der Waals surface area contributed by atoms with E-state index in [-0.39, 0.29) is 12.0 Å². The van der Waals surface area contributed by atoms with Gasteiger partial charge in [-0.15, -0.1) is 0 Å². The van der Waals surface area contributed by atoms with Crippen molar-refractivity contribution in [1.82, 2.24) is 0 Å². The molecule has 110 valence electrons. The fourth-order valence-electron chi connectivity index (χ4n) is 2.17. The Kier molecular flexibility index (Phi) is 5.59.